The van der Waals surface area contributed by atoms with Crippen LogP contribution in [-0.2, 0) is 4.79 Å². The average Bonchev–Trinajstić information content (AvgIpc) is 2.07. The molecule has 0 aromatic heterocycles. The molecule has 1 rings (SSSR count). The lowest BCUT2D eigenvalue weighted by atomic mass is 9.97. The van der Waals surface area contributed by atoms with E-state index in [9.17, 15) is 4.79 Å². The van der Waals surface area contributed by atoms with Crippen LogP contribution in [0.3, 0.4) is 0 Å². The van der Waals surface area contributed by atoms with Gasteiger partial charge < -0.3 is 10.4 Å². The van der Waals surface area contributed by atoms with E-state index in [1.165, 1.54) is 0 Å². The lowest BCUT2D eigenvalue weighted by molar-refractivity contribution is -0.134. The van der Waals surface area contributed by atoms with Crippen LogP contribution in [0.5, 0.6) is 0 Å². The van der Waals surface area contributed by atoms with Crippen LogP contribution >= 0.6 is 0 Å². The van der Waals surface area contributed by atoms with E-state index in [1.54, 1.807) is 0 Å². The Morgan fingerprint density at radius 3 is 2.60 bits per heavy atom. The smallest absolute Gasteiger partial charge is 0.237 e. The van der Waals surface area contributed by atoms with Crippen molar-refractivity contribution in [1.82, 2.24) is 10.2 Å². The molecule has 0 bridgehead atoms. The van der Waals surface area contributed by atoms with E-state index in [0.717, 1.165) is 6.54 Å². The highest BCUT2D eigenvalue weighted by molar-refractivity contribution is 5.82. The molecule has 1 heterocycles. The molecule has 1 aliphatic heterocycles. The molecule has 0 aliphatic carbocycles. The van der Waals surface area contributed by atoms with Gasteiger partial charge in [-0.25, -0.2) is 0 Å². The van der Waals surface area contributed by atoms with E-state index in [-0.39, 0.29) is 30.1 Å². The standard InChI is InChI=1S/C11H22N2O2/c1-8-7-13(11(2,3)4)9(5-6-14)10(15)12-8/h8-9,14H,5-7H2,1-4H3,(H,12,15). The third-order valence-corrected chi connectivity index (χ3v) is 2.80. The Morgan fingerprint density at radius 1 is 1.53 bits per heavy atom. The van der Waals surface area contributed by atoms with E-state index in [4.69, 9.17) is 5.11 Å². The highest BCUT2D eigenvalue weighted by atomic mass is 16.3. The number of aliphatic hydroxyl groups is 1. The van der Waals surface area contributed by atoms with Crippen molar-refractivity contribution in [2.45, 2.75) is 51.7 Å². The molecule has 2 atom stereocenters. The number of nitrogens with one attached hydrogen (secondary N) is 1. The first-order chi connectivity index (χ1) is 6.86. The Hall–Kier alpha value is -0.610. The first kappa shape index (κ1) is 12.5. The molecule has 0 saturated carbocycles. The SMILES string of the molecule is CC1CN(C(C)(C)C)C(CCO)C(=O)N1. The van der Waals surface area contributed by atoms with Gasteiger partial charge in [0.15, 0.2) is 0 Å². The molecule has 2 N–H and O–H groups in total. The van der Waals surface area contributed by atoms with Crippen LogP contribution in [0.25, 0.3) is 0 Å². The Balaban J connectivity index is 2.82. The quantitative estimate of drug-likeness (QED) is 0.697. The van der Waals surface area contributed by atoms with Crippen LogP contribution in [0.15, 0.2) is 0 Å². The second-order valence-electron chi connectivity index (χ2n) is 5.26. The highest BCUT2D eigenvalue weighted by Crippen LogP contribution is 2.22. The zero-order chi connectivity index (χ0) is 11.6. The van der Waals surface area contributed by atoms with Gasteiger partial charge in [0, 0.05) is 24.7 Å². The molecule has 0 aromatic carbocycles. The highest BCUT2D eigenvalue weighted by Gasteiger charge is 2.37. The topological polar surface area (TPSA) is 52.6 Å². The monoisotopic (exact) mass is 214 g/mol. The molecule has 1 amide bonds. The van der Waals surface area contributed by atoms with E-state index < -0.39 is 0 Å². The first-order valence-electron chi connectivity index (χ1n) is 5.54. The summed E-state index contributed by atoms with van der Waals surface area (Å²) in [5, 5.41) is 11.9. The van der Waals surface area contributed by atoms with Crippen molar-refractivity contribution in [2.24, 2.45) is 0 Å². The Morgan fingerprint density at radius 2 is 2.13 bits per heavy atom. The lowest BCUT2D eigenvalue weighted by Crippen LogP contribution is -2.64. The second-order valence-corrected chi connectivity index (χ2v) is 5.26. The van der Waals surface area contributed by atoms with Gasteiger partial charge in [0.1, 0.15) is 0 Å². The summed E-state index contributed by atoms with van der Waals surface area (Å²) in [4.78, 5) is 14.0. The Kier molecular flexibility index (Phi) is 3.73. The summed E-state index contributed by atoms with van der Waals surface area (Å²) < 4.78 is 0. The molecule has 1 saturated heterocycles. The van der Waals surface area contributed by atoms with Crippen LogP contribution in [0.4, 0.5) is 0 Å². The average molecular weight is 214 g/mol. The van der Waals surface area contributed by atoms with Crippen molar-refractivity contribution in [1.29, 1.82) is 0 Å². The van der Waals surface area contributed by atoms with Crippen molar-refractivity contribution in [3.63, 3.8) is 0 Å². The summed E-state index contributed by atoms with van der Waals surface area (Å²) in [5.74, 6) is 0.0396. The molecule has 0 spiro atoms. The molecule has 1 aliphatic rings. The fourth-order valence-electron chi connectivity index (χ4n) is 2.10. The second kappa shape index (κ2) is 4.49. The summed E-state index contributed by atoms with van der Waals surface area (Å²) >= 11 is 0. The predicted molar refractivity (Wildman–Crippen MR) is 59.6 cm³/mol. The van der Waals surface area contributed by atoms with Gasteiger partial charge in [0.2, 0.25) is 5.91 Å². The van der Waals surface area contributed by atoms with Gasteiger partial charge in [-0.15, -0.1) is 0 Å². The molecule has 0 radical (unpaired) electrons. The summed E-state index contributed by atoms with van der Waals surface area (Å²) in [7, 11) is 0. The molecule has 2 unspecified atom stereocenters. The third kappa shape index (κ3) is 2.92. The number of hydrogen-bond donors (Lipinski definition) is 2. The number of carbonyl (C=O) groups is 1. The number of piperazine rings is 1. The first-order valence-corrected chi connectivity index (χ1v) is 5.54. The van der Waals surface area contributed by atoms with Crippen LogP contribution in [0.1, 0.15) is 34.1 Å². The summed E-state index contributed by atoms with van der Waals surface area (Å²) in [6, 6.07) is -0.00197. The van der Waals surface area contributed by atoms with Crippen molar-refractivity contribution in [2.75, 3.05) is 13.2 Å². The maximum Gasteiger partial charge on any atom is 0.237 e. The van der Waals surface area contributed by atoms with Crippen LogP contribution in [0, 0.1) is 0 Å². The van der Waals surface area contributed by atoms with Crippen LogP contribution in [0.2, 0.25) is 0 Å². The Bertz CT molecular complexity index is 235. The normalized spacial score (nSPS) is 29.0. The molecule has 15 heavy (non-hydrogen) atoms. The zero-order valence-corrected chi connectivity index (χ0v) is 10.1. The van der Waals surface area contributed by atoms with E-state index in [1.807, 2.05) is 6.92 Å². The van der Waals surface area contributed by atoms with Gasteiger partial charge in [0.25, 0.3) is 0 Å². The minimum Gasteiger partial charge on any atom is -0.396 e. The molecule has 88 valence electrons. The zero-order valence-electron chi connectivity index (χ0n) is 10.1. The van der Waals surface area contributed by atoms with Crippen molar-refractivity contribution in [3.05, 3.63) is 0 Å². The minimum absolute atomic E-state index is 0.0359. The van der Waals surface area contributed by atoms with Gasteiger partial charge in [-0.2, -0.15) is 0 Å². The summed E-state index contributed by atoms with van der Waals surface area (Å²) in [5.41, 5.74) is -0.0359. The number of carbonyl (C=O) groups excluding carboxylic acids is 1. The maximum absolute atomic E-state index is 11.8. The van der Waals surface area contributed by atoms with Crippen LogP contribution in [-0.4, -0.2) is 46.7 Å². The van der Waals surface area contributed by atoms with E-state index >= 15 is 0 Å². The molecular formula is C11H22N2O2. The lowest BCUT2D eigenvalue weighted by Gasteiger charge is -2.45. The molecule has 4 nitrogen and oxygen atoms in total. The number of amides is 1. The van der Waals surface area contributed by atoms with Gasteiger partial charge in [-0.1, -0.05) is 0 Å². The molecule has 4 heteroatoms. The van der Waals surface area contributed by atoms with E-state index in [0.29, 0.717) is 6.42 Å². The summed E-state index contributed by atoms with van der Waals surface area (Å²) in [6.07, 6.45) is 0.510. The third-order valence-electron chi connectivity index (χ3n) is 2.80. The fraction of sp³-hybridized carbons (Fsp3) is 0.909. The van der Waals surface area contributed by atoms with Crippen molar-refractivity contribution in [3.8, 4) is 0 Å². The van der Waals surface area contributed by atoms with Crippen molar-refractivity contribution >= 4 is 5.91 Å². The van der Waals surface area contributed by atoms with Gasteiger partial charge in [-0.05, 0) is 34.1 Å². The maximum atomic E-state index is 11.8. The predicted octanol–water partition coefficient (Wildman–Crippen LogP) is 0.356. The number of hydrogen-bond acceptors (Lipinski definition) is 3. The van der Waals surface area contributed by atoms with Gasteiger partial charge in [-0.3, -0.25) is 9.69 Å². The van der Waals surface area contributed by atoms with Gasteiger partial charge >= 0.3 is 0 Å². The molecule has 0 aromatic rings. The fourth-order valence-corrected chi connectivity index (χ4v) is 2.10. The van der Waals surface area contributed by atoms with Crippen molar-refractivity contribution < 1.29 is 9.90 Å². The molecular weight excluding hydrogens is 192 g/mol. The summed E-state index contributed by atoms with van der Waals surface area (Å²) in [6.45, 7) is 9.21. The number of aliphatic hydroxyl groups excluding tert-OH is 1. The Labute approximate surface area is 91.6 Å². The minimum atomic E-state index is -0.189. The van der Waals surface area contributed by atoms with Gasteiger partial charge in [0.05, 0.1) is 6.04 Å². The van der Waals surface area contributed by atoms with Crippen LogP contribution < -0.4 is 5.32 Å². The number of nitrogens with zero attached hydrogens (tertiary/aromatic N) is 1. The largest absolute Gasteiger partial charge is 0.396 e. The molecule has 1 fully saturated rings. The number of rotatable bonds is 2. The van der Waals surface area contributed by atoms with E-state index in [2.05, 4.69) is 31.0 Å².